The Balaban J connectivity index is 1.23. The Morgan fingerprint density at radius 2 is 1.91 bits per heavy atom. The molecule has 2 aromatic rings. The maximum Gasteiger partial charge on any atom is 0.395 e. The lowest BCUT2D eigenvalue weighted by molar-refractivity contribution is -0.192. The first-order valence-electron chi connectivity index (χ1n) is 11.1. The van der Waals surface area contributed by atoms with Gasteiger partial charge in [-0.3, -0.25) is 15.0 Å². The van der Waals surface area contributed by atoms with Gasteiger partial charge in [0, 0.05) is 25.7 Å². The highest BCUT2D eigenvalue weighted by Crippen LogP contribution is 2.58. The van der Waals surface area contributed by atoms with Crippen LogP contribution in [-0.2, 0) is 11.2 Å². The number of halogens is 3. The predicted molar refractivity (Wildman–Crippen MR) is 111 cm³/mol. The number of urea groups is 1. The summed E-state index contributed by atoms with van der Waals surface area (Å²) in [6.45, 7) is 1.85. The minimum absolute atomic E-state index is 0.134. The number of imide groups is 1. The van der Waals surface area contributed by atoms with Gasteiger partial charge in [-0.25, -0.2) is 9.31 Å². The van der Waals surface area contributed by atoms with Crippen LogP contribution in [0.25, 0.3) is 5.52 Å². The van der Waals surface area contributed by atoms with Gasteiger partial charge in [-0.1, -0.05) is 0 Å². The molecule has 2 saturated heterocycles. The van der Waals surface area contributed by atoms with Gasteiger partial charge < -0.3 is 4.90 Å². The van der Waals surface area contributed by atoms with Gasteiger partial charge in [0.25, 0.3) is 0 Å². The third-order valence-electron chi connectivity index (χ3n) is 7.12. The molecule has 3 aliphatic rings. The number of likely N-dealkylation sites (tertiary alicyclic amines) is 1. The van der Waals surface area contributed by atoms with Gasteiger partial charge in [-0.2, -0.15) is 18.3 Å². The number of nitrogens with one attached hydrogen (secondary N) is 1. The summed E-state index contributed by atoms with van der Waals surface area (Å²) in [6.07, 6.45) is 2.74. The van der Waals surface area contributed by atoms with E-state index in [4.69, 9.17) is 0 Å². The lowest BCUT2D eigenvalue weighted by atomic mass is 9.89. The SMILES string of the molecule is O=C1CCN(c2cnn3ccc(CC4CCN(CC5(C(F)(F)F)CC5)CC4)cc23)C(=O)N1. The zero-order valence-electron chi connectivity index (χ0n) is 17.7. The molecular formula is C22H26F3N5O2. The molecule has 2 aromatic heterocycles. The van der Waals surface area contributed by atoms with Crippen LogP contribution in [0, 0.1) is 11.3 Å². The summed E-state index contributed by atoms with van der Waals surface area (Å²) in [5.74, 6) is 0.134. The number of rotatable bonds is 5. The first-order chi connectivity index (χ1) is 15.2. The van der Waals surface area contributed by atoms with Crippen molar-refractivity contribution in [3.8, 4) is 0 Å². The lowest BCUT2D eigenvalue weighted by Crippen LogP contribution is -2.49. The number of hydrogen-bond donors (Lipinski definition) is 1. The third kappa shape index (κ3) is 3.96. The van der Waals surface area contributed by atoms with Crippen LogP contribution < -0.4 is 10.2 Å². The number of fused-ring (bicyclic) bond motifs is 1. The van der Waals surface area contributed by atoms with Crippen LogP contribution >= 0.6 is 0 Å². The highest BCUT2D eigenvalue weighted by Gasteiger charge is 2.63. The summed E-state index contributed by atoms with van der Waals surface area (Å²) in [6, 6.07) is 3.57. The van der Waals surface area contributed by atoms with Crippen LogP contribution in [0.1, 0.15) is 37.7 Å². The Morgan fingerprint density at radius 1 is 1.16 bits per heavy atom. The monoisotopic (exact) mass is 449 g/mol. The minimum atomic E-state index is -4.10. The van der Waals surface area contributed by atoms with E-state index in [1.54, 1.807) is 10.7 Å². The summed E-state index contributed by atoms with van der Waals surface area (Å²) >= 11 is 0. The average Bonchev–Trinajstić information content (AvgIpc) is 3.42. The Bertz CT molecular complexity index is 1040. The highest BCUT2D eigenvalue weighted by molar-refractivity contribution is 6.07. The molecule has 172 valence electrons. The molecule has 0 aromatic carbocycles. The molecule has 0 radical (unpaired) electrons. The van der Waals surface area contributed by atoms with E-state index in [9.17, 15) is 22.8 Å². The fourth-order valence-corrected chi connectivity index (χ4v) is 4.93. The van der Waals surface area contributed by atoms with Crippen molar-refractivity contribution in [2.45, 2.75) is 44.7 Å². The fourth-order valence-electron chi connectivity index (χ4n) is 4.93. The van der Waals surface area contributed by atoms with Crippen LogP contribution in [-0.4, -0.2) is 58.8 Å². The second-order valence-electron chi connectivity index (χ2n) is 9.35. The number of aromatic nitrogens is 2. The van der Waals surface area contributed by atoms with Crippen molar-refractivity contribution >= 4 is 23.1 Å². The van der Waals surface area contributed by atoms with Crippen LogP contribution in [0.15, 0.2) is 24.5 Å². The Hall–Kier alpha value is -2.62. The van der Waals surface area contributed by atoms with Crippen LogP contribution in [0.5, 0.6) is 0 Å². The van der Waals surface area contributed by atoms with E-state index in [0.717, 1.165) is 30.3 Å². The molecule has 4 heterocycles. The number of amides is 3. The van der Waals surface area contributed by atoms with E-state index in [1.807, 2.05) is 23.2 Å². The number of carbonyl (C=O) groups is 2. The van der Waals surface area contributed by atoms with E-state index in [1.165, 1.54) is 4.90 Å². The molecule has 1 aliphatic carbocycles. The van der Waals surface area contributed by atoms with Gasteiger partial charge in [0.15, 0.2) is 0 Å². The minimum Gasteiger partial charge on any atom is -0.302 e. The zero-order chi connectivity index (χ0) is 22.5. The van der Waals surface area contributed by atoms with Crippen molar-refractivity contribution in [2.24, 2.45) is 11.3 Å². The molecule has 32 heavy (non-hydrogen) atoms. The largest absolute Gasteiger partial charge is 0.395 e. The van der Waals surface area contributed by atoms with E-state index in [2.05, 4.69) is 10.4 Å². The van der Waals surface area contributed by atoms with Crippen molar-refractivity contribution in [2.75, 3.05) is 31.1 Å². The van der Waals surface area contributed by atoms with Gasteiger partial charge in [0.2, 0.25) is 5.91 Å². The third-order valence-corrected chi connectivity index (χ3v) is 7.12. The molecule has 10 heteroatoms. The summed E-state index contributed by atoms with van der Waals surface area (Å²) in [5, 5.41) is 6.65. The topological polar surface area (TPSA) is 70.0 Å². The second kappa shape index (κ2) is 7.75. The standard InChI is InChI=1S/C22H26F3N5O2/c23-22(24,25)21(5-6-21)14-28-7-1-15(2-8-28)11-16-3-10-30-17(12-16)18(13-26-30)29-9-4-19(31)27-20(29)32/h3,10,12-13,15H,1-2,4-9,11,14H2,(H,27,31,32). The van der Waals surface area contributed by atoms with E-state index < -0.39 is 17.6 Å². The number of nitrogens with zero attached hydrogens (tertiary/aromatic N) is 4. The summed E-state index contributed by atoms with van der Waals surface area (Å²) in [4.78, 5) is 27.2. The van der Waals surface area contributed by atoms with Crippen molar-refractivity contribution in [1.29, 1.82) is 0 Å². The van der Waals surface area contributed by atoms with Gasteiger partial charge >= 0.3 is 12.2 Å². The molecule has 7 nitrogen and oxygen atoms in total. The van der Waals surface area contributed by atoms with Crippen LogP contribution in [0.4, 0.5) is 23.7 Å². The van der Waals surface area contributed by atoms with Crippen molar-refractivity contribution in [3.05, 3.63) is 30.1 Å². The van der Waals surface area contributed by atoms with Crippen molar-refractivity contribution in [3.63, 3.8) is 0 Å². The van der Waals surface area contributed by atoms with Crippen molar-refractivity contribution in [1.82, 2.24) is 19.8 Å². The maximum absolute atomic E-state index is 13.2. The predicted octanol–water partition coefficient (Wildman–Crippen LogP) is 3.38. The van der Waals surface area contributed by atoms with Gasteiger partial charge in [-0.05, 0) is 68.8 Å². The number of pyridine rings is 1. The zero-order valence-corrected chi connectivity index (χ0v) is 17.7. The molecular weight excluding hydrogens is 423 g/mol. The van der Waals surface area contributed by atoms with Crippen molar-refractivity contribution < 1.29 is 22.8 Å². The Morgan fingerprint density at radius 3 is 2.56 bits per heavy atom. The fraction of sp³-hybridized carbons (Fsp3) is 0.591. The molecule has 0 spiro atoms. The Labute approximate surface area is 183 Å². The number of anilines is 1. The van der Waals surface area contributed by atoms with Gasteiger partial charge in [-0.15, -0.1) is 0 Å². The molecule has 2 aliphatic heterocycles. The summed E-state index contributed by atoms with van der Waals surface area (Å²) in [7, 11) is 0. The quantitative estimate of drug-likeness (QED) is 0.760. The Kier molecular flexibility index (Phi) is 5.15. The first kappa shape index (κ1) is 21.2. The maximum atomic E-state index is 13.2. The van der Waals surface area contributed by atoms with Crippen LogP contribution in [0.2, 0.25) is 0 Å². The first-order valence-corrected chi connectivity index (χ1v) is 11.1. The molecule has 3 amide bonds. The van der Waals surface area contributed by atoms with Crippen LogP contribution in [0.3, 0.4) is 0 Å². The lowest BCUT2D eigenvalue weighted by Gasteiger charge is -2.35. The summed E-state index contributed by atoms with van der Waals surface area (Å²) < 4.78 is 41.4. The molecule has 0 bridgehead atoms. The smallest absolute Gasteiger partial charge is 0.302 e. The van der Waals surface area contributed by atoms with E-state index >= 15 is 0 Å². The average molecular weight is 449 g/mol. The molecule has 3 fully saturated rings. The van der Waals surface area contributed by atoms with E-state index in [0.29, 0.717) is 31.2 Å². The van der Waals surface area contributed by atoms with Gasteiger partial charge in [0.05, 0.1) is 22.8 Å². The second-order valence-corrected chi connectivity index (χ2v) is 9.35. The van der Waals surface area contributed by atoms with E-state index in [-0.39, 0.29) is 31.7 Å². The normalized spacial score (nSPS) is 22.4. The highest BCUT2D eigenvalue weighted by atomic mass is 19.4. The molecule has 5 rings (SSSR count). The summed E-state index contributed by atoms with van der Waals surface area (Å²) in [5.41, 5.74) is 1.10. The molecule has 1 saturated carbocycles. The van der Waals surface area contributed by atoms with Gasteiger partial charge in [0.1, 0.15) is 0 Å². The molecule has 0 atom stereocenters. The number of piperidine rings is 1. The molecule has 0 unspecified atom stereocenters. The number of carbonyl (C=O) groups excluding carboxylic acids is 2. The number of alkyl halides is 3. The molecule has 1 N–H and O–H groups in total. The number of hydrogen-bond acceptors (Lipinski definition) is 4.